The predicted molar refractivity (Wildman–Crippen MR) is 75.1 cm³/mol. The highest BCUT2D eigenvalue weighted by Crippen LogP contribution is 2.28. The third-order valence-electron chi connectivity index (χ3n) is 3.10. The van der Waals surface area contributed by atoms with Crippen LogP contribution in [0.15, 0.2) is 42.5 Å². The van der Waals surface area contributed by atoms with E-state index in [-0.39, 0.29) is 11.8 Å². The van der Waals surface area contributed by atoms with Gasteiger partial charge in [-0.2, -0.15) is 0 Å². The van der Waals surface area contributed by atoms with Crippen LogP contribution in [0.4, 0.5) is 4.39 Å². The second-order valence-corrected chi connectivity index (χ2v) is 4.27. The Morgan fingerprint density at radius 1 is 1.05 bits per heavy atom. The molecule has 0 aliphatic rings. The van der Waals surface area contributed by atoms with Crippen molar-refractivity contribution in [2.45, 2.75) is 6.04 Å². The molecule has 2 aromatic rings. The van der Waals surface area contributed by atoms with Gasteiger partial charge in [0.1, 0.15) is 5.75 Å². The zero-order chi connectivity index (χ0) is 14.5. The first-order valence-electron chi connectivity index (χ1n) is 6.13. The number of rotatable bonds is 5. The standard InChI is InChI=1S/C15H17FN2O2/c1-19-12-5-3-4-10(8-12)15(18-17)11-6-7-13(16)14(9-11)20-2/h3-9,15,18H,17H2,1-2H3. The Labute approximate surface area is 117 Å². The normalized spacial score (nSPS) is 12.0. The first-order valence-corrected chi connectivity index (χ1v) is 6.13. The van der Waals surface area contributed by atoms with Crippen LogP contribution in [0.3, 0.4) is 0 Å². The number of hydrazine groups is 1. The quantitative estimate of drug-likeness (QED) is 0.650. The summed E-state index contributed by atoms with van der Waals surface area (Å²) < 4.78 is 23.7. The van der Waals surface area contributed by atoms with Crippen LogP contribution >= 0.6 is 0 Å². The minimum absolute atomic E-state index is 0.186. The molecule has 0 saturated heterocycles. The number of methoxy groups -OCH3 is 2. The van der Waals surface area contributed by atoms with Crippen molar-refractivity contribution in [3.05, 3.63) is 59.4 Å². The minimum atomic E-state index is -0.405. The molecule has 0 saturated carbocycles. The van der Waals surface area contributed by atoms with Gasteiger partial charge >= 0.3 is 0 Å². The van der Waals surface area contributed by atoms with Gasteiger partial charge in [-0.1, -0.05) is 18.2 Å². The Balaban J connectivity index is 2.41. The first-order chi connectivity index (χ1) is 9.69. The number of hydrogen-bond acceptors (Lipinski definition) is 4. The molecule has 0 heterocycles. The van der Waals surface area contributed by atoms with Crippen molar-refractivity contribution in [3.63, 3.8) is 0 Å². The summed E-state index contributed by atoms with van der Waals surface area (Å²) in [6, 6.07) is 11.9. The lowest BCUT2D eigenvalue weighted by Gasteiger charge is -2.18. The Kier molecular flexibility index (Phi) is 4.55. The van der Waals surface area contributed by atoms with Gasteiger partial charge in [-0.25, -0.2) is 9.82 Å². The van der Waals surface area contributed by atoms with Crippen LogP contribution < -0.4 is 20.7 Å². The molecule has 20 heavy (non-hydrogen) atoms. The molecule has 0 aliphatic heterocycles. The molecular weight excluding hydrogens is 259 g/mol. The number of halogens is 1. The lowest BCUT2D eigenvalue weighted by Crippen LogP contribution is -2.28. The minimum Gasteiger partial charge on any atom is -0.497 e. The Morgan fingerprint density at radius 2 is 1.80 bits per heavy atom. The van der Waals surface area contributed by atoms with Gasteiger partial charge in [0.2, 0.25) is 0 Å². The predicted octanol–water partition coefficient (Wildman–Crippen LogP) is 2.40. The lowest BCUT2D eigenvalue weighted by molar-refractivity contribution is 0.385. The van der Waals surface area contributed by atoms with E-state index in [0.717, 1.165) is 16.9 Å². The van der Waals surface area contributed by atoms with E-state index in [1.165, 1.54) is 13.2 Å². The molecule has 0 spiro atoms. The van der Waals surface area contributed by atoms with Gasteiger partial charge in [0, 0.05) is 0 Å². The van der Waals surface area contributed by atoms with Gasteiger partial charge in [-0.3, -0.25) is 5.84 Å². The fourth-order valence-corrected chi connectivity index (χ4v) is 2.06. The lowest BCUT2D eigenvalue weighted by atomic mass is 9.99. The smallest absolute Gasteiger partial charge is 0.165 e. The fraction of sp³-hybridized carbons (Fsp3) is 0.200. The van der Waals surface area contributed by atoms with Crippen molar-refractivity contribution in [2.75, 3.05) is 14.2 Å². The molecule has 0 fully saturated rings. The highest BCUT2D eigenvalue weighted by Gasteiger charge is 2.15. The van der Waals surface area contributed by atoms with Gasteiger partial charge in [-0.15, -0.1) is 0 Å². The largest absolute Gasteiger partial charge is 0.497 e. The maximum atomic E-state index is 13.5. The number of nitrogens with two attached hydrogens (primary N) is 1. The van der Waals surface area contributed by atoms with Gasteiger partial charge < -0.3 is 9.47 Å². The zero-order valence-electron chi connectivity index (χ0n) is 11.4. The summed E-state index contributed by atoms with van der Waals surface area (Å²) >= 11 is 0. The molecule has 0 amide bonds. The Hall–Kier alpha value is -2.11. The van der Waals surface area contributed by atoms with E-state index in [1.807, 2.05) is 24.3 Å². The summed E-state index contributed by atoms with van der Waals surface area (Å²) in [6.07, 6.45) is 0. The third-order valence-corrected chi connectivity index (χ3v) is 3.10. The Bertz CT molecular complexity index is 590. The van der Waals surface area contributed by atoms with Crippen LogP contribution in [-0.2, 0) is 0 Å². The Morgan fingerprint density at radius 3 is 2.45 bits per heavy atom. The summed E-state index contributed by atoms with van der Waals surface area (Å²) in [5.74, 6) is 6.15. The van der Waals surface area contributed by atoms with Crippen molar-refractivity contribution >= 4 is 0 Å². The van der Waals surface area contributed by atoms with E-state index in [0.29, 0.717) is 0 Å². The number of hydrogen-bond donors (Lipinski definition) is 2. The molecule has 0 radical (unpaired) electrons. The summed E-state index contributed by atoms with van der Waals surface area (Å²) in [5, 5.41) is 0. The molecule has 1 atom stereocenters. The SMILES string of the molecule is COc1cccc(C(NN)c2ccc(F)c(OC)c2)c1. The molecule has 3 N–H and O–H groups in total. The summed E-state index contributed by atoms with van der Waals surface area (Å²) in [5.41, 5.74) is 4.44. The molecule has 106 valence electrons. The maximum absolute atomic E-state index is 13.5. The van der Waals surface area contributed by atoms with Gasteiger partial charge in [0.25, 0.3) is 0 Å². The van der Waals surface area contributed by atoms with E-state index in [4.69, 9.17) is 15.3 Å². The second-order valence-electron chi connectivity index (χ2n) is 4.27. The summed E-state index contributed by atoms with van der Waals surface area (Å²) in [7, 11) is 3.03. The fourth-order valence-electron chi connectivity index (χ4n) is 2.06. The highest BCUT2D eigenvalue weighted by molar-refractivity contribution is 5.40. The van der Waals surface area contributed by atoms with E-state index in [2.05, 4.69) is 5.43 Å². The molecule has 1 unspecified atom stereocenters. The molecule has 2 aromatic carbocycles. The zero-order valence-corrected chi connectivity index (χ0v) is 11.4. The van der Waals surface area contributed by atoms with Crippen molar-refractivity contribution in [1.29, 1.82) is 0 Å². The number of ether oxygens (including phenoxy) is 2. The molecular formula is C15H17FN2O2. The maximum Gasteiger partial charge on any atom is 0.165 e. The molecule has 4 nitrogen and oxygen atoms in total. The van der Waals surface area contributed by atoms with Crippen LogP contribution in [-0.4, -0.2) is 14.2 Å². The average Bonchev–Trinajstić information content (AvgIpc) is 2.50. The second kappa shape index (κ2) is 6.36. The summed E-state index contributed by atoms with van der Waals surface area (Å²) in [4.78, 5) is 0. The average molecular weight is 276 g/mol. The summed E-state index contributed by atoms with van der Waals surface area (Å²) in [6.45, 7) is 0. The van der Waals surface area contributed by atoms with Crippen molar-refractivity contribution in [3.8, 4) is 11.5 Å². The molecule has 0 aromatic heterocycles. The first kappa shape index (κ1) is 14.3. The van der Waals surface area contributed by atoms with Crippen LogP contribution in [0.25, 0.3) is 0 Å². The van der Waals surface area contributed by atoms with Crippen molar-refractivity contribution in [2.24, 2.45) is 5.84 Å². The van der Waals surface area contributed by atoms with Gasteiger partial charge in [0.05, 0.1) is 20.3 Å². The highest BCUT2D eigenvalue weighted by atomic mass is 19.1. The van der Waals surface area contributed by atoms with Gasteiger partial charge in [0.15, 0.2) is 11.6 Å². The van der Waals surface area contributed by atoms with Crippen LogP contribution in [0.5, 0.6) is 11.5 Å². The van der Waals surface area contributed by atoms with Crippen LogP contribution in [0, 0.1) is 5.82 Å². The molecule has 5 heteroatoms. The number of nitrogens with one attached hydrogen (secondary N) is 1. The van der Waals surface area contributed by atoms with Crippen LogP contribution in [0.2, 0.25) is 0 Å². The van der Waals surface area contributed by atoms with E-state index < -0.39 is 5.82 Å². The monoisotopic (exact) mass is 276 g/mol. The van der Waals surface area contributed by atoms with E-state index >= 15 is 0 Å². The van der Waals surface area contributed by atoms with E-state index in [9.17, 15) is 4.39 Å². The molecule has 0 aliphatic carbocycles. The molecule has 0 bridgehead atoms. The third kappa shape index (κ3) is 2.89. The topological polar surface area (TPSA) is 56.5 Å². The molecule has 2 rings (SSSR count). The van der Waals surface area contributed by atoms with Crippen LogP contribution in [0.1, 0.15) is 17.2 Å². The number of benzene rings is 2. The van der Waals surface area contributed by atoms with E-state index in [1.54, 1.807) is 19.2 Å². The van der Waals surface area contributed by atoms with Crippen molar-refractivity contribution < 1.29 is 13.9 Å². The van der Waals surface area contributed by atoms with Gasteiger partial charge in [-0.05, 0) is 35.4 Å². The van der Waals surface area contributed by atoms with Crippen molar-refractivity contribution in [1.82, 2.24) is 5.43 Å².